The van der Waals surface area contributed by atoms with Crippen LogP contribution in [-0.2, 0) is 22.4 Å². The average Bonchev–Trinajstić information content (AvgIpc) is 3.19. The molecule has 1 saturated heterocycles. The van der Waals surface area contributed by atoms with Gasteiger partial charge < -0.3 is 19.5 Å². The molecule has 1 fully saturated rings. The lowest BCUT2D eigenvalue weighted by molar-refractivity contribution is -0.137. The second-order valence-electron chi connectivity index (χ2n) is 8.91. The molecule has 43 heavy (non-hydrogen) atoms. The summed E-state index contributed by atoms with van der Waals surface area (Å²) in [5, 5.41) is 1.63. The summed E-state index contributed by atoms with van der Waals surface area (Å²) >= 11 is 7.02. The summed E-state index contributed by atoms with van der Waals surface area (Å²) in [6, 6.07) is 11.4. The largest absolute Gasteiger partial charge is 0.495 e. The molecule has 0 aromatic heterocycles. The number of hydrogen-bond donors (Lipinski definition) is 1. The first-order valence-corrected chi connectivity index (χ1v) is 13.7. The highest BCUT2D eigenvalue weighted by molar-refractivity contribution is 8.18. The maximum absolute atomic E-state index is 13.5. The van der Waals surface area contributed by atoms with E-state index in [1.54, 1.807) is 19.1 Å². The Balaban J connectivity index is 1.50. The van der Waals surface area contributed by atoms with Crippen molar-refractivity contribution in [3.05, 3.63) is 87.0 Å². The number of rotatable bonds is 10. The zero-order chi connectivity index (χ0) is 31.3. The number of nitrogens with one attached hydrogen (secondary N) is 1. The fourth-order valence-electron chi connectivity index (χ4n) is 3.96. The molecule has 0 atom stereocenters. The molecular formula is C29H23ClF4N2O6S. The number of halogens is 5. The van der Waals surface area contributed by atoms with Gasteiger partial charge in [-0.3, -0.25) is 19.3 Å². The van der Waals surface area contributed by atoms with Gasteiger partial charge in [-0.15, -0.1) is 0 Å². The minimum atomic E-state index is -4.67. The molecule has 14 heteroatoms. The summed E-state index contributed by atoms with van der Waals surface area (Å²) in [5.74, 6) is -1.73. The molecule has 0 spiro atoms. The third-order valence-electron chi connectivity index (χ3n) is 5.88. The third-order valence-corrected chi connectivity index (χ3v) is 7.07. The van der Waals surface area contributed by atoms with Gasteiger partial charge in [0.15, 0.2) is 11.5 Å². The summed E-state index contributed by atoms with van der Waals surface area (Å²) in [7, 11) is 1.21. The zero-order valence-electron chi connectivity index (χ0n) is 22.6. The number of amides is 3. The standard InChI is InChI=1S/C29H23ClF4N2O6S/c1-3-41-23-11-17(10-20(30)26(23)42-15-16-5-4-6-19(31)9-16)12-24-27(38)36(28(39)43-24)14-25(37)35-21-13-18(29(32,33)34)7-8-22(21)40-2/h4-13H,3,14-15H2,1-2H3,(H,35,37)/b24-12-. The van der Waals surface area contributed by atoms with E-state index in [0.717, 1.165) is 12.1 Å². The van der Waals surface area contributed by atoms with Gasteiger partial charge in [0.1, 0.15) is 24.7 Å². The molecule has 3 aromatic carbocycles. The van der Waals surface area contributed by atoms with Crippen molar-refractivity contribution in [2.24, 2.45) is 0 Å². The Morgan fingerprint density at radius 3 is 2.51 bits per heavy atom. The molecule has 1 aliphatic heterocycles. The number of nitrogens with zero attached hydrogens (tertiary/aromatic N) is 1. The third kappa shape index (κ3) is 7.79. The molecule has 1 heterocycles. The van der Waals surface area contributed by atoms with Crippen LogP contribution in [-0.4, -0.2) is 42.2 Å². The van der Waals surface area contributed by atoms with Gasteiger partial charge in [-0.2, -0.15) is 13.2 Å². The van der Waals surface area contributed by atoms with Crippen LogP contribution in [0.25, 0.3) is 6.08 Å². The Kier molecular flexibility index (Phi) is 9.87. The highest BCUT2D eigenvalue weighted by atomic mass is 35.5. The summed E-state index contributed by atoms with van der Waals surface area (Å²) in [5.41, 5.74) is -0.349. The predicted molar refractivity (Wildman–Crippen MR) is 153 cm³/mol. The van der Waals surface area contributed by atoms with Crippen molar-refractivity contribution < 1.29 is 46.2 Å². The molecule has 3 aromatic rings. The van der Waals surface area contributed by atoms with Crippen molar-refractivity contribution in [1.82, 2.24) is 4.90 Å². The molecule has 3 amide bonds. The number of hydrogen-bond acceptors (Lipinski definition) is 7. The number of benzene rings is 3. The normalized spacial score (nSPS) is 14.3. The van der Waals surface area contributed by atoms with Crippen LogP contribution in [0.15, 0.2) is 59.5 Å². The first-order chi connectivity index (χ1) is 20.4. The van der Waals surface area contributed by atoms with Crippen LogP contribution in [0.2, 0.25) is 5.02 Å². The van der Waals surface area contributed by atoms with Crippen LogP contribution in [0.1, 0.15) is 23.6 Å². The van der Waals surface area contributed by atoms with E-state index >= 15 is 0 Å². The number of carbonyl (C=O) groups excluding carboxylic acids is 3. The minimum Gasteiger partial charge on any atom is -0.495 e. The van der Waals surface area contributed by atoms with Crippen molar-refractivity contribution in [3.63, 3.8) is 0 Å². The van der Waals surface area contributed by atoms with Gasteiger partial charge in [0.25, 0.3) is 11.1 Å². The lowest BCUT2D eigenvalue weighted by Gasteiger charge is -2.16. The zero-order valence-corrected chi connectivity index (χ0v) is 24.2. The Labute approximate surface area is 252 Å². The molecule has 0 unspecified atom stereocenters. The molecule has 1 aliphatic rings. The maximum Gasteiger partial charge on any atom is 0.416 e. The molecular weight excluding hydrogens is 616 g/mol. The molecule has 1 N–H and O–H groups in total. The topological polar surface area (TPSA) is 94.2 Å². The first-order valence-electron chi connectivity index (χ1n) is 12.5. The van der Waals surface area contributed by atoms with Crippen LogP contribution in [0.3, 0.4) is 0 Å². The highest BCUT2D eigenvalue weighted by Crippen LogP contribution is 2.40. The van der Waals surface area contributed by atoms with Gasteiger partial charge in [0.05, 0.1) is 34.9 Å². The number of methoxy groups -OCH3 is 1. The molecule has 4 rings (SSSR count). The van der Waals surface area contributed by atoms with E-state index in [2.05, 4.69) is 5.32 Å². The molecule has 0 bridgehead atoms. The fraction of sp³-hybridized carbons (Fsp3) is 0.207. The van der Waals surface area contributed by atoms with Crippen molar-refractivity contribution in [2.75, 3.05) is 25.6 Å². The summed E-state index contributed by atoms with van der Waals surface area (Å²) in [6.45, 7) is 1.24. The second kappa shape index (κ2) is 13.4. The van der Waals surface area contributed by atoms with Gasteiger partial charge in [-0.1, -0.05) is 23.7 Å². The van der Waals surface area contributed by atoms with Gasteiger partial charge in [-0.05, 0) is 78.4 Å². The predicted octanol–water partition coefficient (Wildman–Crippen LogP) is 7.16. The second-order valence-corrected chi connectivity index (χ2v) is 10.3. The number of anilines is 1. The molecule has 0 saturated carbocycles. The van der Waals surface area contributed by atoms with Gasteiger partial charge >= 0.3 is 6.18 Å². The van der Waals surface area contributed by atoms with Crippen LogP contribution in [0.5, 0.6) is 17.2 Å². The number of imide groups is 1. The van der Waals surface area contributed by atoms with E-state index in [1.165, 1.54) is 37.5 Å². The molecule has 226 valence electrons. The molecule has 0 aliphatic carbocycles. The smallest absolute Gasteiger partial charge is 0.416 e. The quantitative estimate of drug-likeness (QED) is 0.186. The summed E-state index contributed by atoms with van der Waals surface area (Å²) in [4.78, 5) is 38.9. The Hall–Kier alpha value is -4.23. The van der Waals surface area contributed by atoms with Crippen LogP contribution in [0.4, 0.5) is 28.0 Å². The van der Waals surface area contributed by atoms with Gasteiger partial charge in [-0.25, -0.2) is 4.39 Å². The van der Waals surface area contributed by atoms with E-state index in [9.17, 15) is 31.9 Å². The Morgan fingerprint density at radius 2 is 1.84 bits per heavy atom. The van der Waals surface area contributed by atoms with E-state index in [1.807, 2.05) is 0 Å². The molecule has 0 radical (unpaired) electrons. The van der Waals surface area contributed by atoms with Crippen LogP contribution in [0, 0.1) is 5.82 Å². The van der Waals surface area contributed by atoms with E-state index < -0.39 is 41.2 Å². The number of carbonyl (C=O) groups is 3. The van der Waals surface area contributed by atoms with Crippen LogP contribution >= 0.6 is 23.4 Å². The van der Waals surface area contributed by atoms with E-state index in [4.69, 9.17) is 25.8 Å². The first kappa shape index (κ1) is 31.7. The average molecular weight is 639 g/mol. The van der Waals surface area contributed by atoms with Gasteiger partial charge in [0, 0.05) is 0 Å². The minimum absolute atomic E-state index is 0.00419. The Morgan fingerprint density at radius 1 is 1.07 bits per heavy atom. The van der Waals surface area contributed by atoms with Gasteiger partial charge in [0.2, 0.25) is 5.91 Å². The van der Waals surface area contributed by atoms with E-state index in [0.29, 0.717) is 33.9 Å². The highest BCUT2D eigenvalue weighted by Gasteiger charge is 2.37. The van der Waals surface area contributed by atoms with E-state index in [-0.39, 0.29) is 46.1 Å². The monoisotopic (exact) mass is 638 g/mol. The number of thioether (sulfide) groups is 1. The van der Waals surface area contributed by atoms with Crippen molar-refractivity contribution in [2.45, 2.75) is 19.7 Å². The summed E-state index contributed by atoms with van der Waals surface area (Å²) in [6.07, 6.45) is -3.29. The van der Waals surface area contributed by atoms with Crippen LogP contribution < -0.4 is 19.5 Å². The fourth-order valence-corrected chi connectivity index (χ4v) is 5.07. The molecule has 8 nitrogen and oxygen atoms in total. The Bertz CT molecular complexity index is 1600. The maximum atomic E-state index is 13.5. The lowest BCUT2D eigenvalue weighted by atomic mass is 10.1. The SMILES string of the molecule is CCOc1cc(/C=C2\SC(=O)N(CC(=O)Nc3cc(C(F)(F)F)ccc3OC)C2=O)cc(Cl)c1OCc1cccc(F)c1. The van der Waals surface area contributed by atoms with Crippen molar-refractivity contribution in [1.29, 1.82) is 0 Å². The lowest BCUT2D eigenvalue weighted by Crippen LogP contribution is -2.36. The summed E-state index contributed by atoms with van der Waals surface area (Å²) < 4.78 is 69.4. The van der Waals surface area contributed by atoms with Crippen molar-refractivity contribution in [3.8, 4) is 17.2 Å². The number of alkyl halides is 3. The van der Waals surface area contributed by atoms with Crippen molar-refractivity contribution >= 4 is 52.2 Å². The number of ether oxygens (including phenoxy) is 3.